The van der Waals surface area contributed by atoms with E-state index in [4.69, 9.17) is 4.74 Å². The normalized spacial score (nSPS) is 24.3. The molecule has 1 amide bonds. The molecule has 1 aromatic rings. The highest BCUT2D eigenvalue weighted by Gasteiger charge is 2.34. The lowest BCUT2D eigenvalue weighted by Gasteiger charge is -2.35. The number of rotatable bonds is 1. The highest BCUT2D eigenvalue weighted by Crippen LogP contribution is 2.33. The summed E-state index contributed by atoms with van der Waals surface area (Å²) in [5.74, 6) is 0.200. The van der Waals surface area contributed by atoms with Crippen molar-refractivity contribution in [2.24, 2.45) is 0 Å². The van der Waals surface area contributed by atoms with Crippen molar-refractivity contribution < 1.29 is 19.4 Å². The fraction of sp³-hybridized carbons (Fsp3) is 0.688. The monoisotopic (exact) mass is 336 g/mol. The molecule has 3 rings (SSSR count). The number of ether oxygens (including phenoxy) is 1. The molecule has 0 aliphatic carbocycles. The zero-order chi connectivity index (χ0) is 17.5. The summed E-state index contributed by atoms with van der Waals surface area (Å²) in [6.07, 6.45) is 1.39. The van der Waals surface area contributed by atoms with Gasteiger partial charge < -0.3 is 15.2 Å². The maximum absolute atomic E-state index is 12.5. The molecule has 2 N–H and O–H groups in total. The molecule has 3 heterocycles. The van der Waals surface area contributed by atoms with Gasteiger partial charge in [0.25, 0.3) is 5.91 Å². The van der Waals surface area contributed by atoms with Crippen LogP contribution in [0.5, 0.6) is 0 Å². The minimum Gasteiger partial charge on any atom is -0.444 e. The highest BCUT2D eigenvalue weighted by molar-refractivity contribution is 5.84. The molecular weight excluding hydrogens is 312 g/mol. The van der Waals surface area contributed by atoms with Crippen LogP contribution in [0.4, 0.5) is 10.6 Å². The van der Waals surface area contributed by atoms with Crippen molar-refractivity contribution in [2.45, 2.75) is 64.3 Å². The topological polar surface area (TPSA) is 96.7 Å². The van der Waals surface area contributed by atoms with E-state index in [9.17, 15) is 14.7 Å². The zero-order valence-electron chi connectivity index (χ0n) is 14.3. The number of anilines is 1. The lowest BCUT2D eigenvalue weighted by molar-refractivity contribution is 0.00897. The molecule has 1 unspecified atom stereocenters. The number of aromatic nitrogens is 2. The zero-order valence-corrected chi connectivity index (χ0v) is 14.3. The number of likely N-dealkylation sites (tertiary alicyclic amines) is 1. The van der Waals surface area contributed by atoms with Gasteiger partial charge in [0.2, 0.25) is 0 Å². The standard InChI is InChI=1S/C16H24N4O4/c1-16(2,3)24-15(23)19-7-5-4-6-11(19)10-8-12-17-13(21)9-14(22)20(12)18-10/h8,11,13,17,21H,4-7,9H2,1-3H3/t11-,13?/m0/s1. The Morgan fingerprint density at radius 1 is 1.42 bits per heavy atom. The largest absolute Gasteiger partial charge is 0.444 e. The van der Waals surface area contributed by atoms with Crippen molar-refractivity contribution in [3.63, 3.8) is 0 Å². The maximum Gasteiger partial charge on any atom is 0.410 e. The van der Waals surface area contributed by atoms with Crippen molar-refractivity contribution in [1.29, 1.82) is 0 Å². The number of hydrogen-bond donors (Lipinski definition) is 2. The van der Waals surface area contributed by atoms with Gasteiger partial charge in [-0.1, -0.05) is 0 Å². The van der Waals surface area contributed by atoms with Crippen molar-refractivity contribution in [2.75, 3.05) is 11.9 Å². The highest BCUT2D eigenvalue weighted by atomic mass is 16.6. The summed E-state index contributed by atoms with van der Waals surface area (Å²) < 4.78 is 6.77. The second-order valence-corrected chi connectivity index (χ2v) is 7.31. The van der Waals surface area contributed by atoms with Gasteiger partial charge in [-0.05, 0) is 40.0 Å². The van der Waals surface area contributed by atoms with Gasteiger partial charge in [0, 0.05) is 12.6 Å². The van der Waals surface area contributed by atoms with Gasteiger partial charge in [0.1, 0.15) is 17.6 Å². The van der Waals surface area contributed by atoms with Gasteiger partial charge in [-0.15, -0.1) is 0 Å². The first kappa shape index (κ1) is 16.8. The Balaban J connectivity index is 1.85. The summed E-state index contributed by atoms with van der Waals surface area (Å²) in [7, 11) is 0. The number of aliphatic hydroxyl groups excluding tert-OH is 1. The molecule has 8 heteroatoms. The van der Waals surface area contributed by atoms with Gasteiger partial charge >= 0.3 is 6.09 Å². The number of piperidine rings is 1. The molecule has 24 heavy (non-hydrogen) atoms. The molecule has 2 atom stereocenters. The van der Waals surface area contributed by atoms with Gasteiger partial charge in [0.15, 0.2) is 0 Å². The van der Waals surface area contributed by atoms with Crippen molar-refractivity contribution in [3.8, 4) is 0 Å². The number of hydrogen-bond acceptors (Lipinski definition) is 6. The summed E-state index contributed by atoms with van der Waals surface area (Å²) in [5.41, 5.74) is 0.0826. The van der Waals surface area contributed by atoms with Gasteiger partial charge in [-0.2, -0.15) is 9.78 Å². The van der Waals surface area contributed by atoms with Crippen LogP contribution in [-0.4, -0.2) is 50.2 Å². The van der Waals surface area contributed by atoms with Crippen LogP contribution in [-0.2, 0) is 4.74 Å². The van der Waals surface area contributed by atoms with Gasteiger partial charge in [0.05, 0.1) is 18.2 Å². The van der Waals surface area contributed by atoms with E-state index in [1.54, 1.807) is 11.0 Å². The number of amides is 1. The van der Waals surface area contributed by atoms with E-state index < -0.39 is 11.8 Å². The van der Waals surface area contributed by atoms with Crippen LogP contribution in [0.15, 0.2) is 6.07 Å². The van der Waals surface area contributed by atoms with E-state index in [2.05, 4.69) is 10.4 Å². The number of carbonyl (C=O) groups excluding carboxylic acids is 2. The van der Waals surface area contributed by atoms with Crippen LogP contribution in [0, 0.1) is 0 Å². The third kappa shape index (κ3) is 3.38. The predicted octanol–water partition coefficient (Wildman–Crippen LogP) is 2.12. The summed E-state index contributed by atoms with van der Waals surface area (Å²) >= 11 is 0. The van der Waals surface area contributed by atoms with E-state index >= 15 is 0 Å². The molecule has 132 valence electrons. The lowest BCUT2D eigenvalue weighted by Crippen LogP contribution is -2.42. The lowest BCUT2D eigenvalue weighted by atomic mass is 10.00. The first-order chi connectivity index (χ1) is 11.2. The summed E-state index contributed by atoms with van der Waals surface area (Å²) in [6, 6.07) is 1.51. The second kappa shape index (κ2) is 6.08. The van der Waals surface area contributed by atoms with Crippen LogP contribution in [0.2, 0.25) is 0 Å². The minimum absolute atomic E-state index is 0.0193. The van der Waals surface area contributed by atoms with Crippen LogP contribution in [0.1, 0.15) is 63.0 Å². The number of nitrogens with zero attached hydrogens (tertiary/aromatic N) is 3. The van der Waals surface area contributed by atoms with E-state index in [1.165, 1.54) is 4.68 Å². The summed E-state index contributed by atoms with van der Waals surface area (Å²) in [6.45, 7) is 6.11. The van der Waals surface area contributed by atoms with Crippen LogP contribution < -0.4 is 5.32 Å². The van der Waals surface area contributed by atoms with Gasteiger partial charge in [-0.3, -0.25) is 9.69 Å². The molecule has 1 aromatic heterocycles. The van der Waals surface area contributed by atoms with Crippen LogP contribution >= 0.6 is 0 Å². The quantitative estimate of drug-likeness (QED) is 0.815. The van der Waals surface area contributed by atoms with E-state index in [0.717, 1.165) is 19.3 Å². The minimum atomic E-state index is -0.900. The molecule has 0 radical (unpaired) electrons. The predicted molar refractivity (Wildman–Crippen MR) is 86.6 cm³/mol. The molecule has 8 nitrogen and oxygen atoms in total. The Labute approximate surface area is 140 Å². The molecule has 1 fully saturated rings. The molecule has 2 aliphatic rings. The average molecular weight is 336 g/mol. The first-order valence-corrected chi connectivity index (χ1v) is 8.32. The Kier molecular flexibility index (Phi) is 4.25. The number of fused-ring (bicyclic) bond motifs is 1. The fourth-order valence-corrected chi connectivity index (χ4v) is 3.11. The maximum atomic E-state index is 12.5. The third-order valence-corrected chi connectivity index (χ3v) is 4.12. The molecule has 1 saturated heterocycles. The molecule has 2 aliphatic heterocycles. The number of aliphatic hydroxyl groups is 1. The van der Waals surface area contributed by atoms with E-state index in [-0.39, 0.29) is 24.5 Å². The van der Waals surface area contributed by atoms with Gasteiger partial charge in [-0.25, -0.2) is 4.79 Å². The van der Waals surface area contributed by atoms with E-state index in [1.807, 2.05) is 20.8 Å². The number of carbonyl (C=O) groups is 2. The van der Waals surface area contributed by atoms with Crippen LogP contribution in [0.25, 0.3) is 0 Å². The third-order valence-electron chi connectivity index (χ3n) is 4.12. The van der Waals surface area contributed by atoms with Crippen LogP contribution in [0.3, 0.4) is 0 Å². The van der Waals surface area contributed by atoms with E-state index in [0.29, 0.717) is 18.1 Å². The molecular formula is C16H24N4O4. The SMILES string of the molecule is CC(C)(C)OC(=O)N1CCCC[C@H]1c1cc2n(n1)C(=O)CC(O)N2. The summed E-state index contributed by atoms with van der Waals surface area (Å²) in [5, 5.41) is 16.9. The smallest absolute Gasteiger partial charge is 0.410 e. The molecule has 0 bridgehead atoms. The second-order valence-electron chi connectivity index (χ2n) is 7.31. The Morgan fingerprint density at radius 3 is 2.88 bits per heavy atom. The first-order valence-electron chi connectivity index (χ1n) is 8.32. The number of nitrogens with one attached hydrogen (secondary N) is 1. The van der Waals surface area contributed by atoms with Crippen molar-refractivity contribution in [3.05, 3.63) is 11.8 Å². The Bertz CT molecular complexity index is 649. The Hall–Kier alpha value is -2.09. The fourth-order valence-electron chi connectivity index (χ4n) is 3.11. The summed E-state index contributed by atoms with van der Waals surface area (Å²) in [4.78, 5) is 26.2. The van der Waals surface area contributed by atoms with Crippen molar-refractivity contribution >= 4 is 17.8 Å². The Morgan fingerprint density at radius 2 is 2.17 bits per heavy atom. The van der Waals surface area contributed by atoms with Crippen molar-refractivity contribution in [1.82, 2.24) is 14.7 Å². The molecule has 0 saturated carbocycles. The average Bonchev–Trinajstić information content (AvgIpc) is 2.89. The molecule has 0 aromatic carbocycles. The molecule has 0 spiro atoms.